The van der Waals surface area contributed by atoms with E-state index in [1.54, 1.807) is 7.11 Å². The van der Waals surface area contributed by atoms with Crippen molar-refractivity contribution in [2.75, 3.05) is 12.8 Å². The molecule has 0 aliphatic carbocycles. The van der Waals surface area contributed by atoms with Crippen LogP contribution in [0.4, 0.5) is 5.69 Å². The van der Waals surface area contributed by atoms with Crippen molar-refractivity contribution in [1.29, 1.82) is 0 Å². The molecule has 2 aromatic rings. The first-order valence-electron chi connectivity index (χ1n) is 5.77. The van der Waals surface area contributed by atoms with E-state index in [2.05, 4.69) is 4.99 Å². The third-order valence-electron chi connectivity index (χ3n) is 2.67. The average Bonchev–Trinajstić information content (AvgIpc) is 2.42. The fraction of sp³-hybridized carbons (Fsp3) is 0.133. The van der Waals surface area contributed by atoms with Gasteiger partial charge in [0.15, 0.2) is 0 Å². The summed E-state index contributed by atoms with van der Waals surface area (Å²) < 4.78 is 5.10. The molecule has 0 aliphatic rings. The normalized spacial score (nSPS) is 10.7. The quantitative estimate of drug-likeness (QED) is 0.659. The van der Waals surface area contributed by atoms with E-state index in [1.807, 2.05) is 54.7 Å². The second kappa shape index (κ2) is 5.87. The minimum Gasteiger partial charge on any atom is -0.497 e. The van der Waals surface area contributed by atoms with Crippen molar-refractivity contribution in [1.82, 2.24) is 0 Å². The van der Waals surface area contributed by atoms with Crippen molar-refractivity contribution in [2.24, 2.45) is 4.99 Å². The van der Waals surface area contributed by atoms with Gasteiger partial charge in [-0.05, 0) is 41.5 Å². The monoisotopic (exact) mass is 240 g/mol. The highest BCUT2D eigenvalue weighted by molar-refractivity contribution is 5.79. The van der Waals surface area contributed by atoms with Gasteiger partial charge in [0.05, 0.1) is 13.7 Å². The summed E-state index contributed by atoms with van der Waals surface area (Å²) in [5.74, 6) is 0.847. The lowest BCUT2D eigenvalue weighted by Gasteiger charge is -2.01. The van der Waals surface area contributed by atoms with Gasteiger partial charge in [-0.2, -0.15) is 0 Å². The number of nitrogens with two attached hydrogens (primary N) is 1. The lowest BCUT2D eigenvalue weighted by Crippen LogP contribution is -1.92. The maximum atomic E-state index is 5.85. The lowest BCUT2D eigenvalue weighted by atomic mass is 10.2. The third-order valence-corrected chi connectivity index (χ3v) is 2.67. The van der Waals surface area contributed by atoms with Crippen LogP contribution in [0.1, 0.15) is 11.1 Å². The molecule has 0 saturated heterocycles. The molecule has 0 amide bonds. The molecule has 0 bridgehead atoms. The second-order valence-electron chi connectivity index (χ2n) is 3.94. The Hall–Kier alpha value is -2.29. The van der Waals surface area contributed by atoms with Crippen LogP contribution < -0.4 is 10.5 Å². The van der Waals surface area contributed by atoms with Gasteiger partial charge in [-0.25, -0.2) is 0 Å². The molecule has 0 aromatic heterocycles. The predicted molar refractivity (Wildman–Crippen MR) is 75.1 cm³/mol. The topological polar surface area (TPSA) is 47.6 Å². The van der Waals surface area contributed by atoms with E-state index in [-0.39, 0.29) is 0 Å². The first-order chi connectivity index (χ1) is 8.79. The standard InChI is InChI=1S/C15H16N2O/c1-18-14-8-6-12(7-9-14)10-17-11-13-4-2-3-5-15(13)16/h2-10H,11,16H2,1H3. The molecule has 0 atom stereocenters. The first kappa shape index (κ1) is 12.2. The van der Waals surface area contributed by atoms with Gasteiger partial charge in [0.1, 0.15) is 5.75 Å². The van der Waals surface area contributed by atoms with Gasteiger partial charge in [-0.15, -0.1) is 0 Å². The molecule has 92 valence electrons. The zero-order chi connectivity index (χ0) is 12.8. The summed E-state index contributed by atoms with van der Waals surface area (Å²) in [7, 11) is 1.65. The van der Waals surface area contributed by atoms with Gasteiger partial charge < -0.3 is 10.5 Å². The number of nitrogen functional groups attached to an aromatic ring is 1. The van der Waals surface area contributed by atoms with Gasteiger partial charge in [0.2, 0.25) is 0 Å². The highest BCUT2D eigenvalue weighted by atomic mass is 16.5. The van der Waals surface area contributed by atoms with Gasteiger partial charge in [0.25, 0.3) is 0 Å². The Morgan fingerprint density at radius 3 is 2.50 bits per heavy atom. The number of benzene rings is 2. The molecule has 0 aliphatic heterocycles. The Kier molecular flexibility index (Phi) is 3.97. The molecular weight excluding hydrogens is 224 g/mol. The zero-order valence-corrected chi connectivity index (χ0v) is 10.3. The number of hydrogen-bond acceptors (Lipinski definition) is 3. The van der Waals surface area contributed by atoms with Gasteiger partial charge in [-0.1, -0.05) is 18.2 Å². The van der Waals surface area contributed by atoms with E-state index in [1.165, 1.54) is 0 Å². The molecule has 0 heterocycles. The molecule has 0 unspecified atom stereocenters. The van der Waals surface area contributed by atoms with E-state index in [0.29, 0.717) is 6.54 Å². The number of nitrogens with zero attached hydrogens (tertiary/aromatic N) is 1. The predicted octanol–water partition coefficient (Wildman–Crippen LogP) is 2.90. The maximum absolute atomic E-state index is 5.85. The molecule has 3 heteroatoms. The molecule has 0 spiro atoms. The summed E-state index contributed by atoms with van der Waals surface area (Å²) in [6, 6.07) is 15.5. The number of hydrogen-bond donors (Lipinski definition) is 1. The summed E-state index contributed by atoms with van der Waals surface area (Å²) >= 11 is 0. The van der Waals surface area contributed by atoms with E-state index < -0.39 is 0 Å². The number of para-hydroxylation sites is 1. The van der Waals surface area contributed by atoms with Crippen molar-refractivity contribution >= 4 is 11.9 Å². The molecule has 0 radical (unpaired) electrons. The number of rotatable bonds is 4. The summed E-state index contributed by atoms with van der Waals surface area (Å²) in [6.07, 6.45) is 1.84. The van der Waals surface area contributed by atoms with Gasteiger partial charge >= 0.3 is 0 Å². The molecule has 2 N–H and O–H groups in total. The summed E-state index contributed by atoms with van der Waals surface area (Å²) in [5, 5.41) is 0. The van der Waals surface area contributed by atoms with Crippen LogP contribution >= 0.6 is 0 Å². The Morgan fingerprint density at radius 2 is 1.83 bits per heavy atom. The Balaban J connectivity index is 2.01. The number of aliphatic imine (C=N–C) groups is 1. The van der Waals surface area contributed by atoms with Gasteiger partial charge in [0, 0.05) is 11.9 Å². The average molecular weight is 240 g/mol. The Labute approximate surface area is 107 Å². The van der Waals surface area contributed by atoms with Crippen molar-refractivity contribution in [3.8, 4) is 5.75 Å². The maximum Gasteiger partial charge on any atom is 0.118 e. The Morgan fingerprint density at radius 1 is 1.11 bits per heavy atom. The highest BCUT2D eigenvalue weighted by Gasteiger charge is 1.95. The number of anilines is 1. The van der Waals surface area contributed by atoms with Gasteiger partial charge in [-0.3, -0.25) is 4.99 Å². The van der Waals surface area contributed by atoms with Crippen LogP contribution in [0.25, 0.3) is 0 Å². The number of ether oxygens (including phenoxy) is 1. The third kappa shape index (κ3) is 3.10. The van der Waals surface area contributed by atoms with Crippen LogP contribution in [-0.2, 0) is 6.54 Å². The minimum atomic E-state index is 0.596. The second-order valence-corrected chi connectivity index (χ2v) is 3.94. The van der Waals surface area contributed by atoms with Crippen LogP contribution in [0.5, 0.6) is 5.75 Å². The van der Waals surface area contributed by atoms with Crippen molar-refractivity contribution in [3.63, 3.8) is 0 Å². The molecule has 3 nitrogen and oxygen atoms in total. The number of methoxy groups -OCH3 is 1. The molecule has 2 rings (SSSR count). The lowest BCUT2D eigenvalue weighted by molar-refractivity contribution is 0.415. The fourth-order valence-corrected chi connectivity index (χ4v) is 1.62. The van der Waals surface area contributed by atoms with Crippen molar-refractivity contribution in [3.05, 3.63) is 59.7 Å². The molecule has 2 aromatic carbocycles. The summed E-state index contributed by atoms with van der Waals surface area (Å²) in [5.41, 5.74) is 8.72. The molecular formula is C15H16N2O. The van der Waals surface area contributed by atoms with Crippen molar-refractivity contribution in [2.45, 2.75) is 6.54 Å². The minimum absolute atomic E-state index is 0.596. The summed E-state index contributed by atoms with van der Waals surface area (Å²) in [4.78, 5) is 4.38. The van der Waals surface area contributed by atoms with E-state index in [4.69, 9.17) is 10.5 Å². The molecule has 0 saturated carbocycles. The van der Waals surface area contributed by atoms with E-state index >= 15 is 0 Å². The molecule has 18 heavy (non-hydrogen) atoms. The van der Waals surface area contributed by atoms with Crippen LogP contribution in [-0.4, -0.2) is 13.3 Å². The Bertz CT molecular complexity index is 532. The fourth-order valence-electron chi connectivity index (χ4n) is 1.62. The largest absolute Gasteiger partial charge is 0.497 e. The first-order valence-corrected chi connectivity index (χ1v) is 5.77. The molecule has 0 fully saturated rings. The van der Waals surface area contributed by atoms with Crippen LogP contribution in [0.3, 0.4) is 0 Å². The SMILES string of the molecule is COc1ccc(C=NCc2ccccc2N)cc1. The summed E-state index contributed by atoms with van der Waals surface area (Å²) in [6.45, 7) is 0.596. The smallest absolute Gasteiger partial charge is 0.118 e. The van der Waals surface area contributed by atoms with E-state index in [9.17, 15) is 0 Å². The van der Waals surface area contributed by atoms with Crippen molar-refractivity contribution < 1.29 is 4.74 Å². The van der Waals surface area contributed by atoms with Crippen LogP contribution in [0.15, 0.2) is 53.5 Å². The van der Waals surface area contributed by atoms with E-state index in [0.717, 1.165) is 22.6 Å². The zero-order valence-electron chi connectivity index (χ0n) is 10.3. The highest BCUT2D eigenvalue weighted by Crippen LogP contribution is 2.12. The van der Waals surface area contributed by atoms with Crippen LogP contribution in [0.2, 0.25) is 0 Å². The van der Waals surface area contributed by atoms with Crippen LogP contribution in [0, 0.1) is 0 Å².